The Hall–Kier alpha value is -1.53. The molecule has 0 saturated carbocycles. The predicted molar refractivity (Wildman–Crippen MR) is 100 cm³/mol. The van der Waals surface area contributed by atoms with E-state index in [-0.39, 0.29) is 0 Å². The molecule has 4 nitrogen and oxygen atoms in total. The first-order chi connectivity index (χ1) is 11.3. The molecule has 1 fully saturated rings. The van der Waals surface area contributed by atoms with Gasteiger partial charge in [-0.05, 0) is 12.0 Å². The third kappa shape index (κ3) is 4.97. The fraction of sp³-hybridized carbons (Fsp3) is 0.412. The summed E-state index contributed by atoms with van der Waals surface area (Å²) in [6.07, 6.45) is 2.02. The minimum atomic E-state index is 0.581. The van der Waals surface area contributed by atoms with Crippen molar-refractivity contribution in [3.63, 3.8) is 0 Å². The second kappa shape index (κ2) is 8.36. The van der Waals surface area contributed by atoms with E-state index >= 15 is 0 Å². The molecule has 2 aromatic rings. The number of benzene rings is 1. The van der Waals surface area contributed by atoms with Gasteiger partial charge in [-0.25, -0.2) is 9.98 Å². The standard InChI is InChI=1S/C17H22N4S2/c18-17(21-8-10-22-11-9-21)19-12-15-13-23-16(20-15)7-6-14-4-2-1-3-5-14/h1-5,13H,6-12H2,(H2,18,19). The molecule has 1 aliphatic heterocycles. The number of nitrogens with two attached hydrogens (primary N) is 1. The van der Waals surface area contributed by atoms with Crippen molar-refractivity contribution in [1.29, 1.82) is 0 Å². The van der Waals surface area contributed by atoms with Crippen molar-refractivity contribution in [2.75, 3.05) is 24.6 Å². The summed E-state index contributed by atoms with van der Waals surface area (Å²) in [4.78, 5) is 11.3. The van der Waals surface area contributed by atoms with Crippen molar-refractivity contribution < 1.29 is 0 Å². The summed E-state index contributed by atoms with van der Waals surface area (Å²) < 4.78 is 0. The maximum atomic E-state index is 6.08. The van der Waals surface area contributed by atoms with Gasteiger partial charge in [-0.3, -0.25) is 0 Å². The van der Waals surface area contributed by atoms with Crippen LogP contribution in [0.3, 0.4) is 0 Å². The highest BCUT2D eigenvalue weighted by atomic mass is 32.2. The molecule has 0 aliphatic carbocycles. The van der Waals surface area contributed by atoms with Crippen molar-refractivity contribution in [1.82, 2.24) is 9.88 Å². The van der Waals surface area contributed by atoms with Gasteiger partial charge in [0.1, 0.15) is 0 Å². The number of hydrogen-bond acceptors (Lipinski definition) is 4. The Bertz CT molecular complexity index is 633. The van der Waals surface area contributed by atoms with Crippen LogP contribution in [0.1, 0.15) is 16.3 Å². The van der Waals surface area contributed by atoms with Crippen LogP contribution in [0.4, 0.5) is 0 Å². The van der Waals surface area contributed by atoms with Gasteiger partial charge in [-0.15, -0.1) is 11.3 Å². The van der Waals surface area contributed by atoms with Crippen LogP contribution in [0.15, 0.2) is 40.7 Å². The summed E-state index contributed by atoms with van der Waals surface area (Å²) in [6, 6.07) is 10.5. The highest BCUT2D eigenvalue weighted by Crippen LogP contribution is 2.14. The van der Waals surface area contributed by atoms with Crippen LogP contribution in [-0.4, -0.2) is 40.4 Å². The lowest BCUT2D eigenvalue weighted by atomic mass is 10.1. The second-order valence-corrected chi connectivity index (χ2v) is 7.66. The fourth-order valence-electron chi connectivity index (χ4n) is 2.49. The van der Waals surface area contributed by atoms with E-state index in [0.717, 1.165) is 43.1 Å². The largest absolute Gasteiger partial charge is 0.370 e. The number of rotatable bonds is 5. The summed E-state index contributed by atoms with van der Waals surface area (Å²) in [7, 11) is 0. The third-order valence-corrected chi connectivity index (χ3v) is 5.71. The number of aromatic nitrogens is 1. The highest BCUT2D eigenvalue weighted by molar-refractivity contribution is 7.99. The van der Waals surface area contributed by atoms with E-state index in [1.165, 1.54) is 10.6 Å². The first-order valence-corrected chi connectivity index (χ1v) is 9.94. The Morgan fingerprint density at radius 1 is 1.17 bits per heavy atom. The van der Waals surface area contributed by atoms with Crippen LogP contribution in [0.2, 0.25) is 0 Å². The summed E-state index contributed by atoms with van der Waals surface area (Å²) in [5.74, 6) is 2.93. The molecule has 1 aliphatic rings. The van der Waals surface area contributed by atoms with Gasteiger partial charge in [-0.1, -0.05) is 30.3 Å². The Balaban J connectivity index is 1.50. The summed E-state index contributed by atoms with van der Waals surface area (Å²) in [5.41, 5.74) is 8.46. The molecule has 0 bridgehead atoms. The van der Waals surface area contributed by atoms with Crippen molar-refractivity contribution in [2.24, 2.45) is 10.7 Å². The van der Waals surface area contributed by atoms with Gasteiger partial charge in [0.25, 0.3) is 0 Å². The molecule has 0 amide bonds. The Morgan fingerprint density at radius 3 is 2.74 bits per heavy atom. The monoisotopic (exact) mass is 346 g/mol. The molecule has 3 rings (SSSR count). The van der Waals surface area contributed by atoms with E-state index in [4.69, 9.17) is 5.73 Å². The average molecular weight is 347 g/mol. The number of thioether (sulfide) groups is 1. The van der Waals surface area contributed by atoms with E-state index in [1.807, 2.05) is 11.8 Å². The number of aliphatic imine (C=N–C) groups is 1. The van der Waals surface area contributed by atoms with E-state index in [2.05, 4.69) is 50.6 Å². The predicted octanol–water partition coefficient (Wildman–Crippen LogP) is 2.79. The van der Waals surface area contributed by atoms with Crippen LogP contribution in [-0.2, 0) is 19.4 Å². The zero-order valence-corrected chi connectivity index (χ0v) is 14.8. The number of guanidine groups is 1. The second-order valence-electron chi connectivity index (χ2n) is 5.49. The first-order valence-electron chi connectivity index (χ1n) is 7.91. The SMILES string of the molecule is NC(=NCc1csc(CCc2ccccc2)n1)N1CCSCC1. The van der Waals surface area contributed by atoms with Crippen molar-refractivity contribution >= 4 is 29.1 Å². The Kier molecular flexibility index (Phi) is 5.93. The zero-order chi connectivity index (χ0) is 15.9. The molecule has 1 aromatic carbocycles. The summed E-state index contributed by atoms with van der Waals surface area (Å²) in [6.45, 7) is 2.58. The molecule has 1 saturated heterocycles. The van der Waals surface area contributed by atoms with Crippen molar-refractivity contribution in [3.8, 4) is 0 Å². The lowest BCUT2D eigenvalue weighted by Crippen LogP contribution is -2.42. The van der Waals surface area contributed by atoms with Gasteiger partial charge in [0.2, 0.25) is 0 Å². The highest BCUT2D eigenvalue weighted by Gasteiger charge is 2.12. The molecular formula is C17H22N4S2. The molecule has 122 valence electrons. The van der Waals surface area contributed by atoms with Crippen LogP contribution >= 0.6 is 23.1 Å². The van der Waals surface area contributed by atoms with Crippen LogP contribution < -0.4 is 5.73 Å². The number of hydrogen-bond donors (Lipinski definition) is 1. The van der Waals surface area contributed by atoms with Gasteiger partial charge >= 0.3 is 0 Å². The minimum absolute atomic E-state index is 0.581. The summed E-state index contributed by atoms with van der Waals surface area (Å²) in [5, 5.41) is 3.27. The zero-order valence-electron chi connectivity index (χ0n) is 13.1. The van der Waals surface area contributed by atoms with Crippen LogP contribution in [0, 0.1) is 0 Å². The molecule has 0 atom stereocenters. The molecule has 2 N–H and O–H groups in total. The van der Waals surface area contributed by atoms with Gasteiger partial charge in [0.05, 0.1) is 17.2 Å². The molecule has 0 spiro atoms. The molecule has 6 heteroatoms. The number of nitrogens with zero attached hydrogens (tertiary/aromatic N) is 3. The van der Waals surface area contributed by atoms with E-state index < -0.39 is 0 Å². The smallest absolute Gasteiger partial charge is 0.191 e. The Morgan fingerprint density at radius 2 is 1.96 bits per heavy atom. The lowest BCUT2D eigenvalue weighted by molar-refractivity contribution is 0.455. The maximum Gasteiger partial charge on any atom is 0.191 e. The van der Waals surface area contributed by atoms with E-state index in [9.17, 15) is 0 Å². The number of aryl methyl sites for hydroxylation is 2. The maximum absolute atomic E-state index is 6.08. The molecule has 0 unspecified atom stereocenters. The minimum Gasteiger partial charge on any atom is -0.370 e. The quantitative estimate of drug-likeness (QED) is 0.668. The van der Waals surface area contributed by atoms with Crippen LogP contribution in [0.25, 0.3) is 0 Å². The van der Waals surface area contributed by atoms with E-state index in [1.54, 1.807) is 11.3 Å². The first kappa shape index (κ1) is 16.3. The normalized spacial score (nSPS) is 15.8. The van der Waals surface area contributed by atoms with Crippen molar-refractivity contribution in [2.45, 2.75) is 19.4 Å². The fourth-order valence-corrected chi connectivity index (χ4v) is 4.18. The van der Waals surface area contributed by atoms with Gasteiger partial charge < -0.3 is 10.6 Å². The summed E-state index contributed by atoms with van der Waals surface area (Å²) >= 11 is 3.69. The Labute approximate surface area is 145 Å². The molecule has 1 aromatic heterocycles. The average Bonchev–Trinajstić information content (AvgIpc) is 3.07. The van der Waals surface area contributed by atoms with Gasteiger partial charge in [0, 0.05) is 36.4 Å². The molecular weight excluding hydrogens is 324 g/mol. The molecule has 2 heterocycles. The third-order valence-electron chi connectivity index (χ3n) is 3.81. The lowest BCUT2D eigenvalue weighted by Gasteiger charge is -2.27. The van der Waals surface area contributed by atoms with Crippen molar-refractivity contribution in [3.05, 3.63) is 52.0 Å². The molecule has 0 radical (unpaired) electrons. The molecule has 23 heavy (non-hydrogen) atoms. The van der Waals surface area contributed by atoms with E-state index in [0.29, 0.717) is 12.5 Å². The van der Waals surface area contributed by atoms with Crippen LogP contribution in [0.5, 0.6) is 0 Å². The van der Waals surface area contributed by atoms with Gasteiger partial charge in [0.15, 0.2) is 5.96 Å². The van der Waals surface area contributed by atoms with Gasteiger partial charge in [-0.2, -0.15) is 11.8 Å². The topological polar surface area (TPSA) is 54.5 Å². The number of thiazole rings is 1.